The van der Waals surface area contributed by atoms with E-state index in [2.05, 4.69) is 24.5 Å². The Morgan fingerprint density at radius 3 is 1.61 bits per heavy atom. The summed E-state index contributed by atoms with van der Waals surface area (Å²) >= 11 is 0. The van der Waals surface area contributed by atoms with Crippen molar-refractivity contribution in [3.05, 3.63) is 12.2 Å². The number of nitrogens with one attached hydrogen (secondary N) is 2. The lowest BCUT2D eigenvalue weighted by Crippen LogP contribution is -2.70. The molecule has 2 heterocycles. The van der Waals surface area contributed by atoms with E-state index in [1.165, 1.54) is 134 Å². The lowest BCUT2D eigenvalue weighted by atomic mass is 9.88. The first kappa shape index (κ1) is 69.7. The molecule has 0 radical (unpaired) electrons. The smallest absolute Gasteiger partial charge is 0.364 e. The summed E-state index contributed by atoms with van der Waals surface area (Å²) in [5.74, 6) is -6.38. The first-order chi connectivity index (χ1) is 36.6. The number of carbonyl (C=O) groups excluding carboxylic acids is 2. The number of carboxylic acids is 1. The number of carbonyl (C=O) groups is 3. The lowest BCUT2D eigenvalue weighted by molar-refractivity contribution is -0.370. The Morgan fingerprint density at radius 2 is 1.16 bits per heavy atom. The average molecular weight is 1090 g/mol. The van der Waals surface area contributed by atoms with Gasteiger partial charge in [-0.1, -0.05) is 206 Å². The Hall–Kier alpha value is -2.37. The summed E-state index contributed by atoms with van der Waals surface area (Å²) in [6.45, 7) is 3.05. The standard InChI is InChI=1S/C57H106N2O17/c1-4-6-8-10-12-14-16-18-19-20-21-22-24-26-28-30-32-34-36-44(64)54(70)59-42(43(63)35-33-31-29-27-25-23-17-15-13-11-9-7-5-2)40-73-55-51(69)53(50(68)47(39-61)74-55)76-57(56(71)72)37-45(65)48(58-41(3)62)52(75-57)49(67)46(66)38-60/h33,35,42-53,55,60-61,63-69H,4-32,34,36-40H2,1-3H3,(H,58,62)(H,59,70)(H,71,72). The lowest BCUT2D eigenvalue weighted by Gasteiger charge is -2.50. The number of ether oxygens (including phenoxy) is 4. The van der Waals surface area contributed by atoms with E-state index < -0.39 is 129 Å². The Kier molecular flexibility index (Phi) is 38.2. The molecule has 19 heteroatoms. The quantitative estimate of drug-likeness (QED) is 0.0250. The van der Waals surface area contributed by atoms with Crippen LogP contribution in [0, 0.1) is 0 Å². The fourth-order valence-electron chi connectivity index (χ4n) is 10.2. The van der Waals surface area contributed by atoms with Crippen LogP contribution in [0.5, 0.6) is 0 Å². The van der Waals surface area contributed by atoms with Crippen molar-refractivity contribution in [1.82, 2.24) is 10.6 Å². The van der Waals surface area contributed by atoms with E-state index in [0.717, 1.165) is 58.3 Å². The fourth-order valence-corrected chi connectivity index (χ4v) is 10.2. The molecule has 2 amide bonds. The molecule has 446 valence electrons. The summed E-state index contributed by atoms with van der Waals surface area (Å²) in [5.41, 5.74) is 0. The number of hydrogen-bond acceptors (Lipinski definition) is 16. The number of carboxylic acid groups (broad SMARTS) is 1. The highest BCUT2D eigenvalue weighted by atomic mass is 16.8. The van der Waals surface area contributed by atoms with Gasteiger partial charge in [-0.05, 0) is 19.3 Å². The fraction of sp³-hybridized carbons (Fsp3) is 0.912. The van der Waals surface area contributed by atoms with Gasteiger partial charge in [0.1, 0.15) is 48.8 Å². The van der Waals surface area contributed by atoms with Gasteiger partial charge in [0.2, 0.25) is 11.8 Å². The Labute approximate surface area is 454 Å². The summed E-state index contributed by atoms with van der Waals surface area (Å²) in [5, 5.41) is 113. The number of hydrogen-bond donors (Lipinski definition) is 12. The molecule has 0 saturated carbocycles. The predicted octanol–water partition coefficient (Wildman–Crippen LogP) is 5.87. The largest absolute Gasteiger partial charge is 0.477 e. The number of aliphatic hydroxyl groups is 9. The maximum absolute atomic E-state index is 13.5. The van der Waals surface area contributed by atoms with Gasteiger partial charge in [0.15, 0.2) is 6.29 Å². The third-order valence-corrected chi connectivity index (χ3v) is 15.0. The van der Waals surface area contributed by atoms with Crippen LogP contribution in [0.1, 0.15) is 226 Å². The third-order valence-electron chi connectivity index (χ3n) is 15.0. The molecule has 76 heavy (non-hydrogen) atoms. The molecule has 0 aliphatic carbocycles. The molecule has 2 saturated heterocycles. The van der Waals surface area contributed by atoms with Crippen molar-refractivity contribution >= 4 is 17.8 Å². The number of aliphatic hydroxyl groups excluding tert-OH is 9. The minimum absolute atomic E-state index is 0.187. The molecule has 2 aliphatic rings. The zero-order valence-electron chi connectivity index (χ0n) is 46.7. The highest BCUT2D eigenvalue weighted by Gasteiger charge is 2.59. The van der Waals surface area contributed by atoms with Crippen molar-refractivity contribution in [2.75, 3.05) is 19.8 Å². The molecule has 14 atom stereocenters. The third kappa shape index (κ3) is 27.2. The molecule has 0 aromatic heterocycles. The first-order valence-electron chi connectivity index (χ1n) is 29.7. The molecular weight excluding hydrogens is 985 g/mol. The average Bonchev–Trinajstić information content (AvgIpc) is 3.39. The van der Waals surface area contributed by atoms with Crippen molar-refractivity contribution in [3.63, 3.8) is 0 Å². The SMILES string of the molecule is CCCCCCCCCCCCCC=CC(O)C(COC1OC(CO)C(O)C(OC2(C(=O)O)CC(O)C(NC(C)=O)C(C(O)C(O)CO)O2)C1O)NC(=O)C(O)CCCCCCCCCCCCCCCCCCCC. The normalized spacial score (nSPS) is 26.0. The van der Waals surface area contributed by atoms with Gasteiger partial charge in [-0.2, -0.15) is 0 Å². The number of unbranched alkanes of at least 4 members (excludes halogenated alkanes) is 28. The molecule has 0 aromatic carbocycles. The van der Waals surface area contributed by atoms with Crippen LogP contribution < -0.4 is 10.6 Å². The van der Waals surface area contributed by atoms with Crippen LogP contribution >= 0.6 is 0 Å². The molecule has 19 nitrogen and oxygen atoms in total. The summed E-state index contributed by atoms with van der Waals surface area (Å²) in [6.07, 6.45) is 17.9. The first-order valence-corrected chi connectivity index (χ1v) is 29.7. The maximum atomic E-state index is 13.5. The summed E-state index contributed by atoms with van der Waals surface area (Å²) in [6, 6.07) is -2.75. The second-order valence-corrected chi connectivity index (χ2v) is 21.7. The van der Waals surface area contributed by atoms with Crippen LogP contribution in [-0.4, -0.2) is 174 Å². The van der Waals surface area contributed by atoms with Gasteiger partial charge in [-0.3, -0.25) is 9.59 Å². The molecular formula is C57H106N2O17. The van der Waals surface area contributed by atoms with Crippen molar-refractivity contribution in [2.45, 2.75) is 311 Å². The highest BCUT2D eigenvalue weighted by Crippen LogP contribution is 2.37. The van der Waals surface area contributed by atoms with Crippen LogP contribution in [-0.2, 0) is 33.3 Å². The Balaban J connectivity index is 2.07. The molecule has 2 rings (SSSR count). The van der Waals surface area contributed by atoms with Crippen molar-refractivity contribution < 1.29 is 84.4 Å². The molecule has 2 fully saturated rings. The molecule has 0 spiro atoms. The van der Waals surface area contributed by atoms with Crippen LogP contribution in [0.2, 0.25) is 0 Å². The number of amides is 2. The second-order valence-electron chi connectivity index (χ2n) is 21.7. The van der Waals surface area contributed by atoms with E-state index >= 15 is 0 Å². The number of rotatable bonds is 46. The Morgan fingerprint density at radius 1 is 0.684 bits per heavy atom. The van der Waals surface area contributed by atoms with Gasteiger partial charge in [0.25, 0.3) is 5.79 Å². The zero-order chi connectivity index (χ0) is 56.1. The van der Waals surface area contributed by atoms with Crippen LogP contribution in [0.4, 0.5) is 0 Å². The minimum atomic E-state index is -2.99. The predicted molar refractivity (Wildman–Crippen MR) is 289 cm³/mol. The van der Waals surface area contributed by atoms with E-state index in [-0.39, 0.29) is 6.42 Å². The van der Waals surface area contributed by atoms with E-state index in [1.807, 2.05) is 0 Å². The van der Waals surface area contributed by atoms with Crippen molar-refractivity contribution in [1.29, 1.82) is 0 Å². The monoisotopic (exact) mass is 1090 g/mol. The maximum Gasteiger partial charge on any atom is 0.364 e. The molecule has 2 aliphatic heterocycles. The van der Waals surface area contributed by atoms with E-state index in [4.69, 9.17) is 18.9 Å². The topological polar surface area (TPSA) is 314 Å². The Bertz CT molecular complexity index is 1530. The molecule has 12 N–H and O–H groups in total. The number of aliphatic carboxylic acids is 1. The highest BCUT2D eigenvalue weighted by molar-refractivity contribution is 5.80. The van der Waals surface area contributed by atoms with E-state index in [0.29, 0.717) is 12.8 Å². The van der Waals surface area contributed by atoms with E-state index in [9.17, 15) is 65.4 Å². The van der Waals surface area contributed by atoms with Gasteiger partial charge in [0, 0.05) is 13.3 Å². The number of allylic oxidation sites excluding steroid dienone is 1. The van der Waals surface area contributed by atoms with E-state index in [1.54, 1.807) is 6.08 Å². The van der Waals surface area contributed by atoms with Gasteiger partial charge in [-0.15, -0.1) is 0 Å². The van der Waals surface area contributed by atoms with Gasteiger partial charge >= 0.3 is 5.97 Å². The molecule has 0 bridgehead atoms. The summed E-state index contributed by atoms with van der Waals surface area (Å²) in [4.78, 5) is 38.4. The van der Waals surface area contributed by atoms with Crippen LogP contribution in [0.25, 0.3) is 0 Å². The summed E-state index contributed by atoms with van der Waals surface area (Å²) < 4.78 is 23.1. The van der Waals surface area contributed by atoms with Gasteiger partial charge < -0.3 is 80.6 Å². The molecule has 0 aromatic rings. The zero-order valence-corrected chi connectivity index (χ0v) is 46.7. The van der Waals surface area contributed by atoms with Crippen molar-refractivity contribution in [3.8, 4) is 0 Å². The van der Waals surface area contributed by atoms with Crippen LogP contribution in [0.3, 0.4) is 0 Å². The van der Waals surface area contributed by atoms with Crippen molar-refractivity contribution in [2.24, 2.45) is 0 Å². The second kappa shape index (κ2) is 41.6. The molecule has 14 unspecified atom stereocenters. The minimum Gasteiger partial charge on any atom is -0.477 e. The van der Waals surface area contributed by atoms with Gasteiger partial charge in [-0.25, -0.2) is 4.79 Å². The summed E-state index contributed by atoms with van der Waals surface area (Å²) in [7, 11) is 0. The van der Waals surface area contributed by atoms with Gasteiger partial charge in [0.05, 0.1) is 44.1 Å². The van der Waals surface area contributed by atoms with Crippen LogP contribution in [0.15, 0.2) is 12.2 Å².